The van der Waals surface area contributed by atoms with Crippen molar-refractivity contribution in [3.8, 4) is 0 Å². The van der Waals surface area contributed by atoms with Gasteiger partial charge in [0.25, 0.3) is 0 Å². The van der Waals surface area contributed by atoms with Crippen LogP contribution in [0.1, 0.15) is 96.3 Å². The van der Waals surface area contributed by atoms with E-state index < -0.39 is 0 Å². The number of likely N-dealkylation sites (N-methyl/N-ethyl adjacent to an activating group) is 1. The summed E-state index contributed by atoms with van der Waals surface area (Å²) >= 11 is 0. The zero-order chi connectivity index (χ0) is 19.9. The molecular weight excluding hydrogens is 332 g/mol. The van der Waals surface area contributed by atoms with Gasteiger partial charge in [0.05, 0.1) is 0 Å². The minimum absolute atomic E-state index is 0.145. The van der Waals surface area contributed by atoms with E-state index in [1.54, 1.807) is 0 Å². The predicted molar refractivity (Wildman–Crippen MR) is 118 cm³/mol. The summed E-state index contributed by atoms with van der Waals surface area (Å²) in [6.07, 6.45) is 23.3. The second kappa shape index (κ2) is 15.1. The minimum atomic E-state index is 0.145. The average molecular weight is 379 g/mol. The van der Waals surface area contributed by atoms with Gasteiger partial charge in [0.1, 0.15) is 5.78 Å². The lowest BCUT2D eigenvalue weighted by Crippen LogP contribution is -2.38. The van der Waals surface area contributed by atoms with Crippen molar-refractivity contribution >= 4 is 5.78 Å². The van der Waals surface area contributed by atoms with Gasteiger partial charge in [-0.05, 0) is 33.1 Å². The Hall–Kier alpha value is -0.830. The van der Waals surface area contributed by atoms with Crippen LogP contribution in [0, 0.1) is 5.92 Å². The Bertz CT molecular complexity index is 403. The van der Waals surface area contributed by atoms with Crippen molar-refractivity contribution in [2.24, 2.45) is 5.92 Å². The van der Waals surface area contributed by atoms with Crippen LogP contribution in [-0.2, 0) is 4.79 Å². The summed E-state index contributed by atoms with van der Waals surface area (Å²) in [7, 11) is 8.32. The van der Waals surface area contributed by atoms with Crippen molar-refractivity contribution in [2.75, 3.05) is 28.2 Å². The largest absolute Gasteiger partial charge is 0.384 e. The third kappa shape index (κ3) is 11.6. The SMILES string of the molecule is CN(C)/C=C/C(C1CCCCCCCCCCCCCCCC1=O)N(C)C. The van der Waals surface area contributed by atoms with Crippen LogP contribution in [-0.4, -0.2) is 49.8 Å². The Morgan fingerprint density at radius 2 is 1.19 bits per heavy atom. The predicted octanol–water partition coefficient (Wildman–Crippen LogP) is 6.04. The number of ketones is 1. The molecule has 0 aliphatic heterocycles. The molecule has 1 aliphatic carbocycles. The molecular formula is C24H46N2O. The van der Waals surface area contributed by atoms with E-state index in [9.17, 15) is 4.79 Å². The first-order valence-electron chi connectivity index (χ1n) is 11.6. The van der Waals surface area contributed by atoms with E-state index in [0.29, 0.717) is 5.78 Å². The first kappa shape index (κ1) is 24.2. The van der Waals surface area contributed by atoms with Crippen LogP contribution < -0.4 is 0 Å². The van der Waals surface area contributed by atoms with Gasteiger partial charge in [-0.1, -0.05) is 83.1 Å². The molecule has 1 saturated carbocycles. The van der Waals surface area contributed by atoms with Crippen LogP contribution in [0.4, 0.5) is 0 Å². The molecule has 0 aromatic carbocycles. The molecule has 2 atom stereocenters. The van der Waals surface area contributed by atoms with E-state index in [4.69, 9.17) is 0 Å². The van der Waals surface area contributed by atoms with E-state index in [0.717, 1.165) is 19.3 Å². The maximum atomic E-state index is 13.1. The maximum absolute atomic E-state index is 13.1. The van der Waals surface area contributed by atoms with E-state index in [-0.39, 0.29) is 12.0 Å². The molecule has 27 heavy (non-hydrogen) atoms. The standard InChI is InChI=1S/C24H46N2O/c1-25(2)21-20-23(26(3)4)22-18-16-14-12-10-8-6-5-7-9-11-13-15-17-19-24(22)27/h20-23H,5-19H2,1-4H3/b21-20+. The zero-order valence-electron chi connectivity index (χ0n) is 18.7. The monoisotopic (exact) mass is 378 g/mol. The molecule has 3 heteroatoms. The van der Waals surface area contributed by atoms with Crippen molar-refractivity contribution in [1.82, 2.24) is 9.80 Å². The van der Waals surface area contributed by atoms with E-state index in [2.05, 4.69) is 36.2 Å². The first-order chi connectivity index (χ1) is 13.0. The van der Waals surface area contributed by atoms with Gasteiger partial charge < -0.3 is 9.80 Å². The number of hydrogen-bond donors (Lipinski definition) is 0. The second-order valence-electron chi connectivity index (χ2n) is 8.97. The van der Waals surface area contributed by atoms with Gasteiger partial charge in [0, 0.05) is 32.5 Å². The van der Waals surface area contributed by atoms with E-state index in [1.165, 1.54) is 77.0 Å². The van der Waals surface area contributed by atoms with Crippen LogP contribution in [0.5, 0.6) is 0 Å². The molecule has 0 aromatic rings. The molecule has 3 nitrogen and oxygen atoms in total. The van der Waals surface area contributed by atoms with Crippen LogP contribution in [0.25, 0.3) is 0 Å². The van der Waals surface area contributed by atoms with Crippen molar-refractivity contribution in [2.45, 2.75) is 102 Å². The van der Waals surface area contributed by atoms with Gasteiger partial charge in [0.2, 0.25) is 0 Å². The molecule has 0 amide bonds. The highest BCUT2D eigenvalue weighted by Crippen LogP contribution is 2.24. The normalized spacial score (nSPS) is 24.0. The third-order valence-corrected chi connectivity index (χ3v) is 5.94. The molecule has 0 N–H and O–H groups in total. The zero-order valence-corrected chi connectivity index (χ0v) is 18.7. The van der Waals surface area contributed by atoms with E-state index in [1.807, 2.05) is 14.1 Å². The fourth-order valence-electron chi connectivity index (χ4n) is 4.24. The minimum Gasteiger partial charge on any atom is -0.384 e. The summed E-state index contributed by atoms with van der Waals surface area (Å²) in [6, 6.07) is 0.210. The highest BCUT2D eigenvalue weighted by Gasteiger charge is 2.27. The van der Waals surface area contributed by atoms with Gasteiger partial charge in [0.15, 0.2) is 0 Å². The Morgan fingerprint density at radius 3 is 1.63 bits per heavy atom. The summed E-state index contributed by atoms with van der Waals surface area (Å²) in [6.45, 7) is 0. The van der Waals surface area contributed by atoms with Gasteiger partial charge in [-0.3, -0.25) is 4.79 Å². The van der Waals surface area contributed by atoms with Gasteiger partial charge >= 0.3 is 0 Å². The number of nitrogens with zero attached hydrogens (tertiary/aromatic N) is 2. The number of rotatable bonds is 4. The Kier molecular flexibility index (Phi) is 13.6. The fraction of sp³-hybridized carbons (Fsp3) is 0.875. The smallest absolute Gasteiger partial charge is 0.137 e. The van der Waals surface area contributed by atoms with Crippen LogP contribution >= 0.6 is 0 Å². The van der Waals surface area contributed by atoms with E-state index >= 15 is 0 Å². The van der Waals surface area contributed by atoms with Crippen LogP contribution in [0.15, 0.2) is 12.3 Å². The molecule has 0 aromatic heterocycles. The van der Waals surface area contributed by atoms with Crippen LogP contribution in [0.3, 0.4) is 0 Å². The lowest BCUT2D eigenvalue weighted by molar-refractivity contribution is -0.124. The summed E-state index contributed by atoms with van der Waals surface area (Å²) < 4.78 is 0. The number of Topliss-reactive ketones (excluding diaryl/α,β-unsaturated/α-hetero) is 1. The molecule has 0 bridgehead atoms. The summed E-state index contributed by atoms with van der Waals surface area (Å²) in [5.41, 5.74) is 0. The van der Waals surface area contributed by atoms with Crippen molar-refractivity contribution < 1.29 is 4.79 Å². The van der Waals surface area contributed by atoms with Crippen molar-refractivity contribution in [3.05, 3.63) is 12.3 Å². The molecule has 2 unspecified atom stereocenters. The highest BCUT2D eigenvalue weighted by atomic mass is 16.1. The van der Waals surface area contributed by atoms with Gasteiger partial charge in [-0.25, -0.2) is 0 Å². The Labute approximate surface area is 169 Å². The lowest BCUT2D eigenvalue weighted by atomic mass is 9.86. The van der Waals surface area contributed by atoms with Crippen molar-refractivity contribution in [1.29, 1.82) is 0 Å². The number of hydrogen-bond acceptors (Lipinski definition) is 3. The Balaban J connectivity index is 2.71. The summed E-state index contributed by atoms with van der Waals surface area (Å²) in [5.74, 6) is 0.633. The maximum Gasteiger partial charge on any atom is 0.137 e. The molecule has 0 radical (unpaired) electrons. The summed E-state index contributed by atoms with van der Waals surface area (Å²) in [4.78, 5) is 17.4. The second-order valence-corrected chi connectivity index (χ2v) is 8.97. The molecule has 0 spiro atoms. The summed E-state index contributed by atoms with van der Waals surface area (Å²) in [5, 5.41) is 0. The highest BCUT2D eigenvalue weighted by molar-refractivity contribution is 5.82. The Morgan fingerprint density at radius 1 is 0.741 bits per heavy atom. The average Bonchev–Trinajstić information content (AvgIpc) is 2.62. The molecule has 158 valence electrons. The van der Waals surface area contributed by atoms with Gasteiger partial charge in [-0.2, -0.15) is 0 Å². The number of carbonyl (C=O) groups is 1. The number of carbonyl (C=O) groups excluding carboxylic acids is 1. The third-order valence-electron chi connectivity index (χ3n) is 5.94. The fourth-order valence-corrected chi connectivity index (χ4v) is 4.24. The molecule has 1 fully saturated rings. The van der Waals surface area contributed by atoms with Crippen LogP contribution in [0.2, 0.25) is 0 Å². The molecule has 1 rings (SSSR count). The first-order valence-corrected chi connectivity index (χ1v) is 11.6. The quantitative estimate of drug-likeness (QED) is 0.595. The topological polar surface area (TPSA) is 23.6 Å². The molecule has 0 heterocycles. The molecule has 0 saturated heterocycles. The van der Waals surface area contributed by atoms with Gasteiger partial charge in [-0.15, -0.1) is 0 Å². The van der Waals surface area contributed by atoms with Crippen molar-refractivity contribution in [3.63, 3.8) is 0 Å². The molecule has 1 aliphatic rings. The lowest BCUT2D eigenvalue weighted by Gasteiger charge is -2.30.